The molecule has 0 amide bonds. The number of tetrazole rings is 1. The van der Waals surface area contributed by atoms with Gasteiger partial charge in [0.15, 0.2) is 0 Å². The number of rotatable bonds is 7. The van der Waals surface area contributed by atoms with E-state index in [9.17, 15) is 9.59 Å². The number of hydrogen-bond donors (Lipinski definition) is 0. The van der Waals surface area contributed by atoms with Crippen molar-refractivity contribution < 1.29 is 23.8 Å². The first-order chi connectivity index (χ1) is 14.3. The third-order valence-electron chi connectivity index (χ3n) is 4.29. The number of esters is 2. The molecule has 31 heavy (non-hydrogen) atoms. The first-order valence-electron chi connectivity index (χ1n) is 10.2. The summed E-state index contributed by atoms with van der Waals surface area (Å²) in [5.41, 5.74) is -1.63. The summed E-state index contributed by atoms with van der Waals surface area (Å²) < 4.78 is 16.5. The number of ether oxygens (including phenoxy) is 3. The van der Waals surface area contributed by atoms with Crippen molar-refractivity contribution in [2.75, 3.05) is 13.7 Å². The van der Waals surface area contributed by atoms with E-state index in [1.165, 1.54) is 11.9 Å². The third-order valence-corrected chi connectivity index (χ3v) is 4.29. The van der Waals surface area contributed by atoms with E-state index in [-0.39, 0.29) is 18.9 Å². The number of benzene rings is 1. The maximum Gasteiger partial charge on any atom is 0.347 e. The molecule has 0 aliphatic carbocycles. The molecule has 1 atom stereocenters. The van der Waals surface area contributed by atoms with Crippen LogP contribution in [0, 0.1) is 0 Å². The molecule has 2 aromatic rings. The van der Waals surface area contributed by atoms with Gasteiger partial charge in [0.05, 0.1) is 30.4 Å². The Morgan fingerprint density at radius 2 is 1.65 bits per heavy atom. The number of methoxy groups -OCH3 is 1. The monoisotopic (exact) mass is 432 g/mol. The molecule has 2 rings (SSSR count). The maximum atomic E-state index is 13.3. The molecular weight excluding hydrogens is 400 g/mol. The van der Waals surface area contributed by atoms with Crippen molar-refractivity contribution in [1.82, 2.24) is 20.2 Å². The van der Waals surface area contributed by atoms with Gasteiger partial charge in [-0.05, 0) is 71.4 Å². The summed E-state index contributed by atoms with van der Waals surface area (Å²) in [6, 6.07) is 6.74. The van der Waals surface area contributed by atoms with Crippen molar-refractivity contribution in [2.24, 2.45) is 0 Å². The van der Waals surface area contributed by atoms with Crippen LogP contribution in [-0.4, -0.2) is 51.5 Å². The lowest BCUT2D eigenvalue weighted by atomic mass is 9.91. The Kier molecular flexibility index (Phi) is 7.21. The van der Waals surface area contributed by atoms with E-state index >= 15 is 0 Å². The molecular formula is C22H32N4O5. The Morgan fingerprint density at radius 3 is 2.10 bits per heavy atom. The highest BCUT2D eigenvalue weighted by atomic mass is 16.6. The zero-order valence-electron chi connectivity index (χ0n) is 19.6. The molecule has 0 saturated heterocycles. The van der Waals surface area contributed by atoms with Gasteiger partial charge in [-0.15, -0.1) is 10.2 Å². The van der Waals surface area contributed by atoms with E-state index in [4.69, 9.17) is 14.2 Å². The molecule has 0 saturated carbocycles. The predicted octanol–water partition coefficient (Wildman–Crippen LogP) is 3.03. The van der Waals surface area contributed by atoms with Crippen LogP contribution in [0.15, 0.2) is 24.3 Å². The average Bonchev–Trinajstić information content (AvgIpc) is 3.17. The van der Waals surface area contributed by atoms with E-state index in [0.717, 1.165) is 5.56 Å². The first-order valence-corrected chi connectivity index (χ1v) is 10.2. The van der Waals surface area contributed by atoms with Gasteiger partial charge in [0.25, 0.3) is 0 Å². The van der Waals surface area contributed by atoms with Crippen LogP contribution in [0.25, 0.3) is 0 Å². The Hall–Kier alpha value is -2.81. The zero-order chi connectivity index (χ0) is 23.4. The van der Waals surface area contributed by atoms with E-state index in [1.807, 2.05) is 41.5 Å². The van der Waals surface area contributed by atoms with Crippen LogP contribution in [0.2, 0.25) is 0 Å². The lowest BCUT2D eigenvalue weighted by molar-refractivity contribution is -0.195. The normalized spacial score (nSPS) is 14.1. The Labute approximate surface area is 183 Å². The summed E-state index contributed by atoms with van der Waals surface area (Å²) in [7, 11) is 1.32. The molecule has 0 spiro atoms. The largest absolute Gasteiger partial charge is 0.465 e. The van der Waals surface area contributed by atoms with Gasteiger partial charge in [-0.1, -0.05) is 12.1 Å². The number of carbonyl (C=O) groups is 2. The topological polar surface area (TPSA) is 105 Å². The molecule has 170 valence electrons. The summed E-state index contributed by atoms with van der Waals surface area (Å²) in [6.45, 7) is 13.2. The van der Waals surface area contributed by atoms with E-state index in [2.05, 4.69) is 15.4 Å². The second-order valence-electron chi connectivity index (χ2n) is 9.20. The summed E-state index contributed by atoms with van der Waals surface area (Å²) >= 11 is 0. The molecule has 0 aliphatic rings. The van der Waals surface area contributed by atoms with Gasteiger partial charge >= 0.3 is 11.9 Å². The molecule has 0 N–H and O–H groups in total. The number of carbonyl (C=O) groups excluding carboxylic acids is 2. The molecule has 1 unspecified atom stereocenters. The van der Waals surface area contributed by atoms with E-state index in [1.54, 1.807) is 31.2 Å². The van der Waals surface area contributed by atoms with Crippen molar-refractivity contribution in [3.8, 4) is 0 Å². The Morgan fingerprint density at radius 1 is 1.03 bits per heavy atom. The Balaban J connectivity index is 2.60. The molecule has 0 aliphatic heterocycles. The SMILES string of the molecule is CCOC(=O)C(Cc1ccc(C(=O)OC)cc1)(OC(C)(C)C)c1nnn(C(C)(C)C)n1. The number of nitrogens with zero attached hydrogens (tertiary/aromatic N) is 4. The quantitative estimate of drug-likeness (QED) is 0.615. The van der Waals surface area contributed by atoms with Crippen LogP contribution in [-0.2, 0) is 36.6 Å². The smallest absolute Gasteiger partial charge is 0.347 e. The van der Waals surface area contributed by atoms with Gasteiger partial charge in [-0.2, -0.15) is 4.80 Å². The van der Waals surface area contributed by atoms with Gasteiger partial charge in [-0.3, -0.25) is 0 Å². The van der Waals surface area contributed by atoms with Crippen molar-refractivity contribution in [1.29, 1.82) is 0 Å². The highest BCUT2D eigenvalue weighted by Crippen LogP contribution is 2.34. The van der Waals surface area contributed by atoms with Gasteiger partial charge in [0.1, 0.15) is 0 Å². The molecule has 0 fully saturated rings. The molecule has 9 heteroatoms. The Bertz CT molecular complexity index is 909. The van der Waals surface area contributed by atoms with Crippen LogP contribution in [0.1, 0.15) is 70.2 Å². The van der Waals surface area contributed by atoms with Crippen molar-refractivity contribution in [2.45, 2.75) is 71.6 Å². The summed E-state index contributed by atoms with van der Waals surface area (Å²) in [6.07, 6.45) is 0.0976. The molecule has 1 aromatic carbocycles. The van der Waals surface area contributed by atoms with Gasteiger partial charge in [0.2, 0.25) is 11.4 Å². The van der Waals surface area contributed by atoms with Crippen LogP contribution in [0.3, 0.4) is 0 Å². The number of hydrogen-bond acceptors (Lipinski definition) is 8. The fraction of sp³-hybridized carbons (Fsp3) is 0.591. The minimum atomic E-state index is -1.62. The lowest BCUT2D eigenvalue weighted by Crippen LogP contribution is -2.48. The first kappa shape index (κ1) is 24.5. The summed E-state index contributed by atoms with van der Waals surface area (Å²) in [4.78, 5) is 26.5. The van der Waals surface area contributed by atoms with Gasteiger partial charge in [-0.25, -0.2) is 9.59 Å². The fourth-order valence-corrected chi connectivity index (χ4v) is 2.96. The van der Waals surface area contributed by atoms with Crippen molar-refractivity contribution in [3.05, 3.63) is 41.2 Å². The second kappa shape index (κ2) is 9.13. The minimum Gasteiger partial charge on any atom is -0.465 e. The average molecular weight is 433 g/mol. The summed E-state index contributed by atoms with van der Waals surface area (Å²) in [5.74, 6) is -0.924. The molecule has 0 radical (unpaired) electrons. The molecule has 1 heterocycles. The van der Waals surface area contributed by atoms with Crippen LogP contribution in [0.4, 0.5) is 0 Å². The fourth-order valence-electron chi connectivity index (χ4n) is 2.96. The van der Waals surface area contributed by atoms with E-state index < -0.39 is 28.7 Å². The minimum absolute atomic E-state index is 0.0976. The van der Waals surface area contributed by atoms with Crippen molar-refractivity contribution in [3.63, 3.8) is 0 Å². The standard InChI is InChI=1S/C22H32N4O5/c1-9-30-19(28)22(31-21(5,6)7,18-23-25-26(24-18)20(2,3)4)14-15-10-12-16(13-11-15)17(27)29-8/h10-13H,9,14H2,1-8H3. The maximum absolute atomic E-state index is 13.3. The van der Waals surface area contributed by atoms with Crippen LogP contribution >= 0.6 is 0 Å². The molecule has 1 aromatic heterocycles. The highest BCUT2D eigenvalue weighted by Gasteiger charge is 2.50. The predicted molar refractivity (Wildman–Crippen MR) is 113 cm³/mol. The molecule has 0 bridgehead atoms. The van der Waals surface area contributed by atoms with Crippen molar-refractivity contribution >= 4 is 11.9 Å². The highest BCUT2D eigenvalue weighted by molar-refractivity contribution is 5.89. The van der Waals surface area contributed by atoms with Crippen LogP contribution in [0.5, 0.6) is 0 Å². The molecule has 9 nitrogen and oxygen atoms in total. The number of aromatic nitrogens is 4. The van der Waals surface area contributed by atoms with Gasteiger partial charge in [0, 0.05) is 6.42 Å². The van der Waals surface area contributed by atoms with E-state index in [0.29, 0.717) is 5.56 Å². The van der Waals surface area contributed by atoms with Crippen LogP contribution < -0.4 is 0 Å². The third kappa shape index (κ3) is 5.88. The van der Waals surface area contributed by atoms with Gasteiger partial charge < -0.3 is 14.2 Å². The second-order valence-corrected chi connectivity index (χ2v) is 9.20. The zero-order valence-corrected chi connectivity index (χ0v) is 19.6. The summed E-state index contributed by atoms with van der Waals surface area (Å²) in [5, 5.41) is 12.8. The lowest BCUT2D eigenvalue weighted by Gasteiger charge is -2.35.